The zero-order chi connectivity index (χ0) is 10.8. The Morgan fingerprint density at radius 3 is 2.93 bits per heavy atom. The normalized spacial score (nSPS) is 27.9. The second-order valence-corrected chi connectivity index (χ2v) is 5.73. The maximum atomic E-state index is 13.4. The summed E-state index contributed by atoms with van der Waals surface area (Å²) in [6.45, 7) is 0. The van der Waals surface area contributed by atoms with Crippen LogP contribution in [0.3, 0.4) is 0 Å². The summed E-state index contributed by atoms with van der Waals surface area (Å²) < 4.78 is 13.4. The van der Waals surface area contributed by atoms with E-state index in [0.29, 0.717) is 18.4 Å². The van der Waals surface area contributed by atoms with Gasteiger partial charge in [-0.3, -0.25) is 21.4 Å². The van der Waals surface area contributed by atoms with Crippen LogP contribution in [0.1, 0.15) is 12.8 Å². The quantitative estimate of drug-likeness (QED) is 0.632. The Balaban J connectivity index is 2.23. The highest BCUT2D eigenvalue weighted by Crippen LogP contribution is 2.33. The van der Waals surface area contributed by atoms with Crippen LogP contribution in [0, 0.1) is 12.3 Å². The minimum absolute atomic E-state index is 0.213. The van der Waals surface area contributed by atoms with Crippen molar-refractivity contribution in [2.45, 2.75) is 12.8 Å². The maximum absolute atomic E-state index is 13.4. The fraction of sp³-hybridized carbons (Fsp3) is 0.364. The lowest BCUT2D eigenvalue weighted by Crippen LogP contribution is -2.29. The zero-order valence-electron chi connectivity index (χ0n) is 8.33. The van der Waals surface area contributed by atoms with Crippen molar-refractivity contribution < 1.29 is 14.0 Å². The molecule has 1 aliphatic carbocycles. The van der Waals surface area contributed by atoms with Gasteiger partial charge >= 0.3 is 0 Å². The molecule has 0 aromatic heterocycles. The zero-order valence-corrected chi connectivity index (χ0v) is 9.75. The van der Waals surface area contributed by atoms with Crippen LogP contribution < -0.4 is 0 Å². The number of hydrogen-bond donors (Lipinski definition) is 0. The summed E-state index contributed by atoms with van der Waals surface area (Å²) in [4.78, 5) is 22.9. The molecule has 1 radical (unpaired) electrons. The third-order valence-electron chi connectivity index (χ3n) is 2.88. The van der Waals surface area contributed by atoms with Crippen molar-refractivity contribution in [3.63, 3.8) is 0 Å². The van der Waals surface area contributed by atoms with Gasteiger partial charge in [-0.1, -0.05) is 6.08 Å². The molecule has 2 nitrogen and oxygen atoms in total. The van der Waals surface area contributed by atoms with E-state index in [2.05, 4.69) is 0 Å². The van der Waals surface area contributed by atoms with E-state index in [0.717, 1.165) is 5.75 Å². The lowest BCUT2D eigenvalue weighted by molar-refractivity contribution is -0.133. The first-order valence-electron chi connectivity index (χ1n) is 5.16. The summed E-state index contributed by atoms with van der Waals surface area (Å²) in [7, 11) is 0. The van der Waals surface area contributed by atoms with E-state index in [9.17, 15) is 14.0 Å². The lowest BCUT2D eigenvalue weighted by atomic mass is 9.88. The van der Waals surface area contributed by atoms with Gasteiger partial charge in [0.15, 0.2) is 0 Å². The highest BCUT2D eigenvalue weighted by atomic mass is 32.2. The smallest absolute Gasteiger partial charge is 0.217 e. The number of halogens is 1. The number of carbonyl (C=O) groups excluding carboxylic acids is 2. The summed E-state index contributed by atoms with van der Waals surface area (Å²) in [6.07, 6.45) is 6.13. The van der Waals surface area contributed by atoms with E-state index in [4.69, 9.17) is 0 Å². The van der Waals surface area contributed by atoms with E-state index < -0.39 is 17.7 Å². The van der Waals surface area contributed by atoms with Crippen LogP contribution in [-0.4, -0.2) is 16.7 Å². The van der Waals surface area contributed by atoms with Gasteiger partial charge in [-0.05, 0) is 36.7 Å². The Labute approximate surface area is 91.6 Å². The summed E-state index contributed by atoms with van der Waals surface area (Å²) in [5, 5.41) is -0.213. The molecule has 2 rings (SSSR count). The van der Waals surface area contributed by atoms with Gasteiger partial charge in [0.05, 0.1) is 5.92 Å². The maximum Gasteiger partial charge on any atom is 0.217 e. The number of allylic oxidation sites excluding steroid dienone is 4. The number of ketones is 1. The molecule has 0 spiro atoms. The lowest BCUT2D eigenvalue weighted by Gasteiger charge is -2.24. The Morgan fingerprint density at radius 1 is 1.40 bits per heavy atom. The van der Waals surface area contributed by atoms with Crippen molar-refractivity contribution >= 4 is 22.7 Å². The summed E-state index contributed by atoms with van der Waals surface area (Å²) in [6, 6.07) is 0. The molecule has 0 bridgehead atoms. The topological polar surface area (TPSA) is 34.1 Å². The minimum Gasteiger partial charge on any atom is -0.289 e. The highest BCUT2D eigenvalue weighted by molar-refractivity contribution is 8.15. The molecule has 0 aromatic carbocycles. The van der Waals surface area contributed by atoms with Gasteiger partial charge in [-0.15, -0.1) is 0 Å². The summed E-state index contributed by atoms with van der Waals surface area (Å²) in [5.41, 5.74) is 0.435. The van der Waals surface area contributed by atoms with Gasteiger partial charge in [0, 0.05) is 0 Å². The summed E-state index contributed by atoms with van der Waals surface area (Å²) >= 11 is -0.864. The van der Waals surface area contributed by atoms with Gasteiger partial charge in [0.2, 0.25) is 10.9 Å². The largest absolute Gasteiger partial charge is 0.289 e. The highest BCUT2D eigenvalue weighted by Gasteiger charge is 2.32. The van der Waals surface area contributed by atoms with E-state index in [1.165, 1.54) is 6.08 Å². The fourth-order valence-electron chi connectivity index (χ4n) is 2.08. The van der Waals surface area contributed by atoms with Crippen molar-refractivity contribution in [3.8, 4) is 0 Å². The van der Waals surface area contributed by atoms with E-state index in [-0.39, 0.29) is 16.7 Å². The van der Waals surface area contributed by atoms with Crippen LogP contribution in [-0.2, 0) is 9.59 Å². The van der Waals surface area contributed by atoms with Gasteiger partial charge in [-0.25, -0.2) is 4.39 Å². The van der Waals surface area contributed by atoms with Crippen LogP contribution in [0.25, 0.3) is 0 Å². The predicted octanol–water partition coefficient (Wildman–Crippen LogP) is 1.15. The van der Waals surface area contributed by atoms with Gasteiger partial charge < -0.3 is 0 Å². The van der Waals surface area contributed by atoms with E-state index in [1.807, 2.05) is 0 Å². The molecule has 0 amide bonds. The molecule has 4 heteroatoms. The molecule has 0 saturated carbocycles. The summed E-state index contributed by atoms with van der Waals surface area (Å²) in [5.74, 6) is -0.381. The molecule has 1 heterocycles. The van der Waals surface area contributed by atoms with Crippen LogP contribution in [0.2, 0.25) is 0 Å². The van der Waals surface area contributed by atoms with Crippen molar-refractivity contribution in [1.29, 1.82) is 0 Å². The molecule has 15 heavy (non-hydrogen) atoms. The number of hydrogen-bond acceptors (Lipinski definition) is 2. The average Bonchev–Trinajstić information content (AvgIpc) is 2.23. The molecule has 0 N–H and O–H groups in total. The first kappa shape index (κ1) is 10.6. The predicted molar refractivity (Wildman–Crippen MR) is 62.4 cm³/mol. The second kappa shape index (κ2) is 4.31. The molecule has 83 valence electrons. The first-order chi connectivity index (χ1) is 7.20. The molecule has 0 aromatic rings. The van der Waals surface area contributed by atoms with E-state index >= 15 is 0 Å². The third-order valence-corrected chi connectivity index (χ3v) is 4.44. The molecule has 2 aliphatic rings. The van der Waals surface area contributed by atoms with Crippen LogP contribution >= 0.6 is 11.8 Å². The SMILES string of the molecule is O=C1[SH4]CCC(C2=CC[CH]C=C2F)C1=O. The van der Waals surface area contributed by atoms with Crippen LogP contribution in [0.15, 0.2) is 23.6 Å². The Kier molecular flexibility index (Phi) is 3.05. The Morgan fingerprint density at radius 2 is 2.20 bits per heavy atom. The molecule has 1 fully saturated rings. The fourth-order valence-corrected chi connectivity index (χ4v) is 3.51. The first-order valence-corrected chi connectivity index (χ1v) is 6.87. The molecular weight excluding hydrogens is 215 g/mol. The van der Waals surface area contributed by atoms with E-state index in [1.54, 1.807) is 12.5 Å². The van der Waals surface area contributed by atoms with Crippen molar-refractivity contribution in [2.75, 3.05) is 5.75 Å². The second-order valence-electron chi connectivity index (χ2n) is 3.88. The minimum atomic E-state index is -0.864. The molecule has 1 unspecified atom stereocenters. The number of carbonyl (C=O) groups is 2. The standard InChI is InChI=1S/C11H14FO2S/c12-9-4-2-1-3-7(9)8-5-6-15-11(14)10(8)13/h2-4,8H,1,5-6H2,15H4. The van der Waals surface area contributed by atoms with Gasteiger partial charge in [0.25, 0.3) is 0 Å². The number of rotatable bonds is 1. The molecule has 1 aliphatic heterocycles. The van der Waals surface area contributed by atoms with Gasteiger partial charge in [0.1, 0.15) is 5.83 Å². The van der Waals surface area contributed by atoms with Gasteiger partial charge in [-0.2, -0.15) is 0 Å². The average molecular weight is 229 g/mol. The van der Waals surface area contributed by atoms with Crippen molar-refractivity contribution in [3.05, 3.63) is 30.0 Å². The molecule has 1 saturated heterocycles. The molecular formula is C11H14FO2S. The van der Waals surface area contributed by atoms with Crippen molar-refractivity contribution in [2.24, 2.45) is 5.92 Å². The Bertz CT molecular complexity index is 371. The third kappa shape index (κ3) is 2.04. The number of Topliss-reactive ketones (excluding diaryl/α,β-unsaturated/α-hetero) is 1. The molecule has 1 atom stereocenters. The van der Waals surface area contributed by atoms with Crippen LogP contribution in [0.5, 0.6) is 0 Å². The Hall–Kier alpha value is -0.900. The monoisotopic (exact) mass is 229 g/mol. The van der Waals surface area contributed by atoms with Crippen LogP contribution in [0.4, 0.5) is 4.39 Å². The van der Waals surface area contributed by atoms with Crippen molar-refractivity contribution in [1.82, 2.24) is 0 Å².